The summed E-state index contributed by atoms with van der Waals surface area (Å²) < 4.78 is 0. The van der Waals surface area contributed by atoms with Crippen LogP contribution in [0.1, 0.15) is 48.3 Å². The number of rotatable bonds is 8. The molecule has 1 aromatic heterocycles. The lowest BCUT2D eigenvalue weighted by Crippen LogP contribution is -2.52. The summed E-state index contributed by atoms with van der Waals surface area (Å²) in [5, 5.41) is 6.27. The molecule has 6 heteroatoms. The number of benzene rings is 1. The molecule has 0 spiro atoms. The summed E-state index contributed by atoms with van der Waals surface area (Å²) in [4.78, 5) is 18.1. The van der Waals surface area contributed by atoms with Gasteiger partial charge < -0.3 is 11.1 Å². The summed E-state index contributed by atoms with van der Waals surface area (Å²) in [6.45, 7) is 8.72. The van der Waals surface area contributed by atoms with Crippen molar-refractivity contribution in [2.45, 2.75) is 50.3 Å². The second-order valence-electron chi connectivity index (χ2n) is 6.99. The quantitative estimate of drug-likeness (QED) is 0.675. The molecule has 0 aliphatic heterocycles. The maximum atomic E-state index is 12.5. The number of amides is 1. The van der Waals surface area contributed by atoms with Crippen LogP contribution in [0.5, 0.6) is 0 Å². The van der Waals surface area contributed by atoms with E-state index in [-0.39, 0.29) is 11.4 Å². The zero-order valence-electron chi connectivity index (χ0n) is 15.3. The van der Waals surface area contributed by atoms with Gasteiger partial charge in [0, 0.05) is 33.7 Å². The second kappa shape index (κ2) is 8.83. The molecular weight excluding hydrogens is 350 g/mol. The molecule has 2 rings (SSSR count). The summed E-state index contributed by atoms with van der Waals surface area (Å²) in [7, 11) is 0. The first-order valence-electron chi connectivity index (χ1n) is 8.48. The van der Waals surface area contributed by atoms with Crippen LogP contribution < -0.4 is 11.1 Å². The van der Waals surface area contributed by atoms with Crippen molar-refractivity contribution in [2.24, 2.45) is 11.7 Å². The molecule has 0 bridgehead atoms. The standard InChI is InChI=1S/C19H27N3OS2/c1-13(2)9-19(4,12-20)22-18(23)15-5-7-17(8-6-15)25-11-16-10-24-14(3)21-16/h5-8,10,13H,9,11-12,20H2,1-4H3,(H,22,23). The number of nitrogens with one attached hydrogen (secondary N) is 1. The number of carbonyl (C=O) groups excluding carboxylic acids is 1. The van der Waals surface area contributed by atoms with Crippen molar-refractivity contribution in [3.8, 4) is 0 Å². The van der Waals surface area contributed by atoms with Crippen molar-refractivity contribution < 1.29 is 4.79 Å². The van der Waals surface area contributed by atoms with E-state index < -0.39 is 0 Å². The van der Waals surface area contributed by atoms with E-state index in [9.17, 15) is 4.79 Å². The zero-order valence-corrected chi connectivity index (χ0v) is 17.0. The van der Waals surface area contributed by atoms with Crippen LogP contribution >= 0.6 is 23.1 Å². The summed E-state index contributed by atoms with van der Waals surface area (Å²) in [5.41, 5.74) is 7.27. The fraction of sp³-hybridized carbons (Fsp3) is 0.474. The molecule has 0 fully saturated rings. The molecule has 25 heavy (non-hydrogen) atoms. The van der Waals surface area contributed by atoms with Crippen molar-refractivity contribution in [2.75, 3.05) is 6.54 Å². The van der Waals surface area contributed by atoms with Gasteiger partial charge in [0.2, 0.25) is 0 Å². The largest absolute Gasteiger partial charge is 0.346 e. The van der Waals surface area contributed by atoms with E-state index in [1.54, 1.807) is 23.1 Å². The van der Waals surface area contributed by atoms with Crippen molar-refractivity contribution in [3.05, 3.63) is 45.9 Å². The third-order valence-corrected chi connectivity index (χ3v) is 5.76. The second-order valence-corrected chi connectivity index (χ2v) is 9.10. The molecule has 1 atom stereocenters. The first-order chi connectivity index (χ1) is 11.8. The fourth-order valence-corrected chi connectivity index (χ4v) is 4.28. The maximum absolute atomic E-state index is 12.5. The van der Waals surface area contributed by atoms with Crippen molar-refractivity contribution >= 4 is 29.0 Å². The van der Waals surface area contributed by atoms with Gasteiger partial charge in [-0.1, -0.05) is 13.8 Å². The molecule has 0 saturated heterocycles. The Morgan fingerprint density at radius 2 is 2.04 bits per heavy atom. The Balaban J connectivity index is 1.95. The van der Waals surface area contributed by atoms with Gasteiger partial charge in [-0.3, -0.25) is 4.79 Å². The SMILES string of the molecule is Cc1nc(CSc2ccc(C(=O)NC(C)(CN)CC(C)C)cc2)cs1. The molecule has 0 radical (unpaired) electrons. The summed E-state index contributed by atoms with van der Waals surface area (Å²) in [5.74, 6) is 1.25. The predicted molar refractivity (Wildman–Crippen MR) is 107 cm³/mol. The molecule has 3 N–H and O–H groups in total. The molecule has 1 unspecified atom stereocenters. The van der Waals surface area contributed by atoms with Crippen molar-refractivity contribution in [1.29, 1.82) is 0 Å². The van der Waals surface area contributed by atoms with E-state index in [0.29, 0.717) is 18.0 Å². The topological polar surface area (TPSA) is 68.0 Å². The number of nitrogens with zero attached hydrogens (tertiary/aromatic N) is 1. The molecule has 1 aromatic carbocycles. The van der Waals surface area contributed by atoms with Crippen LogP contribution in [0.4, 0.5) is 0 Å². The summed E-state index contributed by atoms with van der Waals surface area (Å²) in [6.07, 6.45) is 0.857. The third kappa shape index (κ3) is 6.13. The minimum atomic E-state index is -0.374. The van der Waals surface area contributed by atoms with Gasteiger partial charge in [0.05, 0.1) is 10.7 Å². The number of nitrogens with two attached hydrogens (primary N) is 1. The van der Waals surface area contributed by atoms with Gasteiger partial charge in [-0.2, -0.15) is 0 Å². The summed E-state index contributed by atoms with van der Waals surface area (Å²) in [6, 6.07) is 7.72. The molecule has 4 nitrogen and oxygen atoms in total. The van der Waals surface area contributed by atoms with Crippen LogP contribution in [0.15, 0.2) is 34.5 Å². The Morgan fingerprint density at radius 3 is 2.56 bits per heavy atom. The highest BCUT2D eigenvalue weighted by Crippen LogP contribution is 2.24. The molecule has 0 saturated carbocycles. The Bertz CT molecular complexity index is 697. The van der Waals surface area contributed by atoms with Gasteiger partial charge in [0.25, 0.3) is 5.91 Å². The van der Waals surface area contributed by atoms with Gasteiger partial charge in [-0.25, -0.2) is 4.98 Å². The minimum absolute atomic E-state index is 0.0692. The van der Waals surface area contributed by atoms with Crippen LogP contribution in [-0.4, -0.2) is 23.0 Å². The number of hydrogen-bond donors (Lipinski definition) is 2. The normalized spacial score (nSPS) is 13.7. The summed E-state index contributed by atoms with van der Waals surface area (Å²) >= 11 is 3.40. The molecule has 1 heterocycles. The van der Waals surface area contributed by atoms with Crippen LogP contribution in [0, 0.1) is 12.8 Å². The average Bonchev–Trinajstić information content (AvgIpc) is 2.98. The van der Waals surface area contributed by atoms with Gasteiger partial charge >= 0.3 is 0 Å². The highest BCUT2D eigenvalue weighted by Gasteiger charge is 2.26. The third-order valence-electron chi connectivity index (χ3n) is 3.89. The molecule has 2 aromatic rings. The number of thioether (sulfide) groups is 1. The Labute approximate surface area is 158 Å². The Kier molecular flexibility index (Phi) is 7.04. The van der Waals surface area contributed by atoms with Crippen molar-refractivity contribution in [3.63, 3.8) is 0 Å². The fourth-order valence-electron chi connectivity index (χ4n) is 2.77. The monoisotopic (exact) mass is 377 g/mol. The lowest BCUT2D eigenvalue weighted by molar-refractivity contribution is 0.0898. The van der Waals surface area contributed by atoms with Crippen LogP contribution in [0.3, 0.4) is 0 Å². The lowest BCUT2D eigenvalue weighted by Gasteiger charge is -2.31. The van der Waals surface area contributed by atoms with Crippen LogP contribution in [0.2, 0.25) is 0 Å². The van der Waals surface area contributed by atoms with Gasteiger partial charge in [-0.15, -0.1) is 23.1 Å². The molecule has 0 aliphatic rings. The molecule has 0 aliphatic carbocycles. The zero-order chi connectivity index (χ0) is 18.4. The van der Waals surface area contributed by atoms with Gasteiger partial charge in [0.15, 0.2) is 0 Å². The molecule has 136 valence electrons. The smallest absolute Gasteiger partial charge is 0.251 e. The van der Waals surface area contributed by atoms with E-state index in [2.05, 4.69) is 29.5 Å². The van der Waals surface area contributed by atoms with E-state index in [0.717, 1.165) is 27.8 Å². The average molecular weight is 378 g/mol. The first-order valence-corrected chi connectivity index (χ1v) is 10.3. The van der Waals surface area contributed by atoms with Gasteiger partial charge in [-0.05, 0) is 50.5 Å². The maximum Gasteiger partial charge on any atom is 0.251 e. The Hall–Kier alpha value is -1.37. The van der Waals surface area contributed by atoms with Crippen LogP contribution in [0.25, 0.3) is 0 Å². The predicted octanol–water partition coefficient (Wildman–Crippen LogP) is 4.24. The minimum Gasteiger partial charge on any atom is -0.346 e. The highest BCUT2D eigenvalue weighted by atomic mass is 32.2. The number of thiazole rings is 1. The van der Waals surface area contributed by atoms with Crippen LogP contribution in [-0.2, 0) is 5.75 Å². The first kappa shape index (κ1) is 19.9. The highest BCUT2D eigenvalue weighted by molar-refractivity contribution is 7.98. The van der Waals surface area contributed by atoms with Gasteiger partial charge in [0.1, 0.15) is 0 Å². The van der Waals surface area contributed by atoms with E-state index in [4.69, 9.17) is 5.73 Å². The van der Waals surface area contributed by atoms with E-state index >= 15 is 0 Å². The lowest BCUT2D eigenvalue weighted by atomic mass is 9.90. The Morgan fingerprint density at radius 1 is 1.36 bits per heavy atom. The van der Waals surface area contributed by atoms with E-state index in [1.165, 1.54) is 0 Å². The molecule has 1 amide bonds. The number of hydrogen-bond acceptors (Lipinski definition) is 5. The van der Waals surface area contributed by atoms with E-state index in [1.807, 2.05) is 38.1 Å². The number of carbonyl (C=O) groups is 1. The number of aromatic nitrogens is 1. The number of aryl methyl sites for hydroxylation is 1. The van der Waals surface area contributed by atoms with Crippen molar-refractivity contribution in [1.82, 2.24) is 10.3 Å². The molecular formula is C19H27N3OS2.